The third kappa shape index (κ3) is 2.17. The van der Waals surface area contributed by atoms with Crippen LogP contribution in [-0.2, 0) is 0 Å². The summed E-state index contributed by atoms with van der Waals surface area (Å²) in [6.07, 6.45) is 0.523. The van der Waals surface area contributed by atoms with Crippen LogP contribution in [0.4, 0.5) is 10.5 Å². The minimum Gasteiger partial charge on any atom is -0.404 e. The monoisotopic (exact) mass is 234 g/mol. The Morgan fingerprint density at radius 3 is 2.82 bits per heavy atom. The van der Waals surface area contributed by atoms with Crippen LogP contribution in [0.3, 0.4) is 0 Å². The molecule has 2 rings (SSSR count). The van der Waals surface area contributed by atoms with Crippen molar-refractivity contribution in [3.05, 3.63) is 24.0 Å². The number of anilines is 1. The van der Waals surface area contributed by atoms with Crippen LogP contribution in [0.15, 0.2) is 22.9 Å². The average molecular weight is 234 g/mol. The number of aromatic nitrogens is 2. The summed E-state index contributed by atoms with van der Waals surface area (Å²) in [7, 11) is 0. The fourth-order valence-corrected chi connectivity index (χ4v) is 1.28. The van der Waals surface area contributed by atoms with E-state index in [0.717, 1.165) is 0 Å². The van der Waals surface area contributed by atoms with E-state index in [-0.39, 0.29) is 11.5 Å². The fraction of sp³-hybridized carbons (Fsp3) is 0.100. The number of ether oxygens (including phenoxy) is 1. The van der Waals surface area contributed by atoms with E-state index in [1.165, 1.54) is 6.20 Å². The Hall–Kier alpha value is -2.57. The van der Waals surface area contributed by atoms with Gasteiger partial charge in [0, 0.05) is 0 Å². The van der Waals surface area contributed by atoms with Crippen LogP contribution in [0.5, 0.6) is 5.75 Å². The van der Waals surface area contributed by atoms with E-state index in [0.29, 0.717) is 17.1 Å². The maximum Gasteiger partial charge on any atom is 0.410 e. The van der Waals surface area contributed by atoms with Crippen LogP contribution >= 0.6 is 0 Å². The van der Waals surface area contributed by atoms with Crippen molar-refractivity contribution >= 4 is 11.8 Å². The number of aryl methyl sites for hydroxylation is 1. The van der Waals surface area contributed by atoms with Gasteiger partial charge < -0.3 is 20.7 Å². The molecule has 0 saturated carbocycles. The maximum atomic E-state index is 10.7. The molecular formula is C10H10N4O3. The van der Waals surface area contributed by atoms with Gasteiger partial charge in [0.1, 0.15) is 11.4 Å². The van der Waals surface area contributed by atoms with Crippen molar-refractivity contribution in [2.24, 2.45) is 5.73 Å². The summed E-state index contributed by atoms with van der Waals surface area (Å²) in [5.41, 5.74) is 11.9. The second-order valence-electron chi connectivity index (χ2n) is 3.32. The molecule has 1 amide bonds. The molecule has 7 nitrogen and oxygen atoms in total. The molecule has 0 aromatic carbocycles. The highest BCUT2D eigenvalue weighted by atomic mass is 16.6. The largest absolute Gasteiger partial charge is 0.410 e. The van der Waals surface area contributed by atoms with Crippen molar-refractivity contribution in [2.45, 2.75) is 6.92 Å². The number of primary amides is 1. The van der Waals surface area contributed by atoms with Gasteiger partial charge in [0.15, 0.2) is 0 Å². The van der Waals surface area contributed by atoms with E-state index in [1.54, 1.807) is 19.1 Å². The molecule has 2 aromatic rings. The molecule has 0 radical (unpaired) electrons. The lowest BCUT2D eigenvalue weighted by molar-refractivity contribution is 0.210. The number of nitrogens with zero attached hydrogens (tertiary/aromatic N) is 2. The van der Waals surface area contributed by atoms with Gasteiger partial charge in [-0.15, -0.1) is 0 Å². The first-order valence-electron chi connectivity index (χ1n) is 4.73. The molecular weight excluding hydrogens is 224 g/mol. The predicted octanol–water partition coefficient (Wildman–Crippen LogP) is 1.08. The molecule has 4 N–H and O–H groups in total. The van der Waals surface area contributed by atoms with Crippen molar-refractivity contribution in [3.8, 4) is 17.2 Å². The molecule has 2 aromatic heterocycles. The second kappa shape index (κ2) is 4.12. The second-order valence-corrected chi connectivity index (χ2v) is 3.32. The Morgan fingerprint density at radius 2 is 2.24 bits per heavy atom. The van der Waals surface area contributed by atoms with Crippen LogP contribution < -0.4 is 16.2 Å². The van der Waals surface area contributed by atoms with Gasteiger partial charge in [-0.1, -0.05) is 5.16 Å². The van der Waals surface area contributed by atoms with Crippen molar-refractivity contribution in [2.75, 3.05) is 5.73 Å². The van der Waals surface area contributed by atoms with Gasteiger partial charge in [-0.25, -0.2) is 4.79 Å². The van der Waals surface area contributed by atoms with E-state index >= 15 is 0 Å². The highest BCUT2D eigenvalue weighted by molar-refractivity contribution is 5.73. The molecule has 0 aliphatic rings. The molecule has 0 atom stereocenters. The van der Waals surface area contributed by atoms with E-state index < -0.39 is 6.09 Å². The molecule has 0 fully saturated rings. The number of carbonyl (C=O) groups excluding carboxylic acids is 1. The van der Waals surface area contributed by atoms with Gasteiger partial charge in [-0.2, -0.15) is 0 Å². The Balaban J connectivity index is 2.45. The lowest BCUT2D eigenvalue weighted by Crippen LogP contribution is -2.16. The number of rotatable bonds is 2. The number of carbonyl (C=O) groups is 1. The van der Waals surface area contributed by atoms with Crippen LogP contribution in [0.1, 0.15) is 5.69 Å². The zero-order valence-electron chi connectivity index (χ0n) is 9.01. The smallest absolute Gasteiger partial charge is 0.404 e. The van der Waals surface area contributed by atoms with E-state index in [1.807, 2.05) is 0 Å². The molecule has 0 unspecified atom stereocenters. The Morgan fingerprint density at radius 1 is 1.47 bits per heavy atom. The van der Waals surface area contributed by atoms with Crippen LogP contribution in [0.25, 0.3) is 11.5 Å². The van der Waals surface area contributed by atoms with Gasteiger partial charge in [-0.05, 0) is 19.1 Å². The standard InChI is InChI=1S/C10H10N4O3/c1-5-8(16-10(12)15)9(17-14-5)7-3-2-6(11)4-13-7/h2-4H,11H2,1H3,(H2,12,15). The summed E-state index contributed by atoms with van der Waals surface area (Å²) in [6.45, 7) is 1.63. The molecule has 17 heavy (non-hydrogen) atoms. The lowest BCUT2D eigenvalue weighted by Gasteiger charge is -2.01. The molecule has 0 bridgehead atoms. The van der Waals surface area contributed by atoms with E-state index in [9.17, 15) is 4.79 Å². The summed E-state index contributed by atoms with van der Waals surface area (Å²) in [5, 5.41) is 3.69. The zero-order chi connectivity index (χ0) is 12.4. The first kappa shape index (κ1) is 10.9. The van der Waals surface area contributed by atoms with Gasteiger partial charge in [-0.3, -0.25) is 4.98 Å². The number of nitrogen functional groups attached to an aromatic ring is 1. The van der Waals surface area contributed by atoms with Gasteiger partial charge in [0.2, 0.25) is 11.5 Å². The summed E-state index contributed by atoms with van der Waals surface area (Å²) in [4.78, 5) is 14.8. The first-order chi connectivity index (χ1) is 8.08. The number of hydrogen-bond donors (Lipinski definition) is 2. The molecule has 0 aliphatic carbocycles. The molecule has 0 saturated heterocycles. The predicted molar refractivity (Wildman–Crippen MR) is 59.1 cm³/mol. The molecule has 2 heterocycles. The van der Waals surface area contributed by atoms with Crippen molar-refractivity contribution in [3.63, 3.8) is 0 Å². The summed E-state index contributed by atoms with van der Waals surface area (Å²) in [6, 6.07) is 3.28. The summed E-state index contributed by atoms with van der Waals surface area (Å²) in [5.74, 6) is 0.399. The minimum atomic E-state index is -0.937. The van der Waals surface area contributed by atoms with E-state index in [2.05, 4.69) is 10.1 Å². The van der Waals surface area contributed by atoms with Crippen LogP contribution in [0, 0.1) is 6.92 Å². The Labute approximate surface area is 96.4 Å². The van der Waals surface area contributed by atoms with Crippen molar-refractivity contribution in [1.29, 1.82) is 0 Å². The first-order valence-corrected chi connectivity index (χ1v) is 4.73. The van der Waals surface area contributed by atoms with Gasteiger partial charge >= 0.3 is 6.09 Å². The van der Waals surface area contributed by atoms with Crippen LogP contribution in [0.2, 0.25) is 0 Å². The average Bonchev–Trinajstić information content (AvgIpc) is 2.61. The molecule has 88 valence electrons. The van der Waals surface area contributed by atoms with Gasteiger partial charge in [0.25, 0.3) is 0 Å². The molecule has 0 spiro atoms. The normalized spacial score (nSPS) is 10.2. The van der Waals surface area contributed by atoms with Crippen molar-refractivity contribution in [1.82, 2.24) is 10.1 Å². The summed E-state index contributed by atoms with van der Waals surface area (Å²) >= 11 is 0. The zero-order valence-corrected chi connectivity index (χ0v) is 9.01. The third-order valence-electron chi connectivity index (χ3n) is 2.03. The number of hydrogen-bond acceptors (Lipinski definition) is 6. The Kier molecular flexibility index (Phi) is 2.65. The van der Waals surface area contributed by atoms with Crippen molar-refractivity contribution < 1.29 is 14.1 Å². The minimum absolute atomic E-state index is 0.162. The molecule has 7 heteroatoms. The number of nitrogens with two attached hydrogens (primary N) is 2. The lowest BCUT2D eigenvalue weighted by atomic mass is 10.2. The SMILES string of the molecule is Cc1noc(-c2ccc(N)cn2)c1OC(N)=O. The summed E-state index contributed by atoms with van der Waals surface area (Å²) < 4.78 is 9.85. The quantitative estimate of drug-likeness (QED) is 0.802. The topological polar surface area (TPSA) is 117 Å². The maximum absolute atomic E-state index is 10.7. The molecule has 0 aliphatic heterocycles. The highest BCUT2D eigenvalue weighted by Gasteiger charge is 2.19. The van der Waals surface area contributed by atoms with E-state index in [4.69, 9.17) is 20.7 Å². The number of pyridine rings is 1. The van der Waals surface area contributed by atoms with Crippen LogP contribution in [-0.4, -0.2) is 16.2 Å². The highest BCUT2D eigenvalue weighted by Crippen LogP contribution is 2.31. The Bertz CT molecular complexity index is 547. The number of amides is 1. The third-order valence-corrected chi connectivity index (χ3v) is 2.03. The fourth-order valence-electron chi connectivity index (χ4n) is 1.28. The van der Waals surface area contributed by atoms with Gasteiger partial charge in [0.05, 0.1) is 11.9 Å².